The Bertz CT molecular complexity index is 172. The summed E-state index contributed by atoms with van der Waals surface area (Å²) in [5, 5.41) is 15.8. The number of rotatable bonds is 3. The lowest BCUT2D eigenvalue weighted by molar-refractivity contribution is 0.101. The SMILES string of the molecule is O=C(O)OC=CCOC(=O)O. The molecule has 0 saturated carbocycles. The number of hydrogen-bond acceptors (Lipinski definition) is 4. The zero-order valence-electron chi connectivity index (χ0n) is 5.39. The van der Waals surface area contributed by atoms with E-state index in [0.717, 1.165) is 12.3 Å². The van der Waals surface area contributed by atoms with Crippen molar-refractivity contribution in [1.29, 1.82) is 0 Å². The summed E-state index contributed by atoms with van der Waals surface area (Å²) >= 11 is 0. The molecule has 0 aromatic heterocycles. The van der Waals surface area contributed by atoms with E-state index in [1.165, 1.54) is 0 Å². The molecule has 0 unspecified atom stereocenters. The molecule has 0 spiro atoms. The van der Waals surface area contributed by atoms with Crippen LogP contribution in [0.5, 0.6) is 0 Å². The summed E-state index contributed by atoms with van der Waals surface area (Å²) in [4.78, 5) is 19.3. The van der Waals surface area contributed by atoms with Crippen molar-refractivity contribution in [3.63, 3.8) is 0 Å². The molecule has 0 aromatic rings. The van der Waals surface area contributed by atoms with Crippen LogP contribution in [0.1, 0.15) is 0 Å². The highest BCUT2D eigenvalue weighted by Gasteiger charge is 1.92. The first-order chi connectivity index (χ1) is 5.13. The van der Waals surface area contributed by atoms with Crippen LogP contribution in [-0.2, 0) is 9.47 Å². The lowest BCUT2D eigenvalue weighted by Gasteiger charge is -1.92. The molecule has 0 aromatic carbocycles. The minimum Gasteiger partial charge on any atom is -0.450 e. The summed E-state index contributed by atoms with van der Waals surface area (Å²) in [6, 6.07) is 0. The van der Waals surface area contributed by atoms with E-state index in [9.17, 15) is 9.59 Å². The third-order valence-corrected chi connectivity index (χ3v) is 0.568. The van der Waals surface area contributed by atoms with Gasteiger partial charge in [-0.3, -0.25) is 0 Å². The lowest BCUT2D eigenvalue weighted by Crippen LogP contribution is -1.99. The maximum atomic E-state index is 9.68. The fourth-order valence-electron chi connectivity index (χ4n) is 0.265. The molecule has 0 atom stereocenters. The molecule has 62 valence electrons. The average Bonchev–Trinajstić information content (AvgIpc) is 1.85. The van der Waals surface area contributed by atoms with Gasteiger partial charge < -0.3 is 19.7 Å². The molecular weight excluding hydrogens is 156 g/mol. The van der Waals surface area contributed by atoms with Crippen LogP contribution in [0.2, 0.25) is 0 Å². The quantitative estimate of drug-likeness (QED) is 0.472. The van der Waals surface area contributed by atoms with Gasteiger partial charge in [0.05, 0.1) is 6.26 Å². The fourth-order valence-corrected chi connectivity index (χ4v) is 0.265. The van der Waals surface area contributed by atoms with E-state index in [0.29, 0.717) is 0 Å². The minimum absolute atomic E-state index is 0.234. The molecule has 0 saturated heterocycles. The van der Waals surface area contributed by atoms with Gasteiger partial charge in [-0.15, -0.1) is 0 Å². The maximum Gasteiger partial charge on any atom is 0.510 e. The van der Waals surface area contributed by atoms with E-state index in [1.54, 1.807) is 0 Å². The Labute approximate surface area is 61.6 Å². The van der Waals surface area contributed by atoms with Crippen LogP contribution in [0.4, 0.5) is 9.59 Å². The summed E-state index contributed by atoms with van der Waals surface area (Å²) < 4.78 is 7.87. The molecule has 0 amide bonds. The lowest BCUT2D eigenvalue weighted by atomic mass is 10.7. The Morgan fingerprint density at radius 1 is 1.27 bits per heavy atom. The first-order valence-electron chi connectivity index (χ1n) is 2.53. The highest BCUT2D eigenvalue weighted by atomic mass is 16.7. The smallest absolute Gasteiger partial charge is 0.450 e. The molecule has 0 rings (SSSR count). The molecule has 2 N–H and O–H groups in total. The van der Waals surface area contributed by atoms with E-state index in [2.05, 4.69) is 9.47 Å². The largest absolute Gasteiger partial charge is 0.510 e. The Balaban J connectivity index is 3.30. The van der Waals surface area contributed by atoms with Gasteiger partial charge in [-0.05, 0) is 6.08 Å². The van der Waals surface area contributed by atoms with Crippen LogP contribution in [0.15, 0.2) is 12.3 Å². The third kappa shape index (κ3) is 8.28. The second kappa shape index (κ2) is 5.10. The molecule has 6 nitrogen and oxygen atoms in total. The van der Waals surface area contributed by atoms with Crippen molar-refractivity contribution in [3.8, 4) is 0 Å². The summed E-state index contributed by atoms with van der Waals surface area (Å²) in [7, 11) is 0. The van der Waals surface area contributed by atoms with Crippen molar-refractivity contribution in [3.05, 3.63) is 12.3 Å². The van der Waals surface area contributed by atoms with E-state index in [1.807, 2.05) is 0 Å². The summed E-state index contributed by atoms with van der Waals surface area (Å²) in [5.41, 5.74) is 0. The fraction of sp³-hybridized carbons (Fsp3) is 0.200. The molecule has 0 aliphatic carbocycles. The molecule has 0 aliphatic heterocycles. The van der Waals surface area contributed by atoms with E-state index in [-0.39, 0.29) is 6.61 Å². The van der Waals surface area contributed by atoms with E-state index < -0.39 is 12.3 Å². The van der Waals surface area contributed by atoms with Crippen LogP contribution in [0, 0.1) is 0 Å². The van der Waals surface area contributed by atoms with Crippen molar-refractivity contribution in [2.45, 2.75) is 0 Å². The summed E-state index contributed by atoms with van der Waals surface area (Å²) in [6.07, 6.45) is -0.949. The van der Waals surface area contributed by atoms with Gasteiger partial charge in [0.25, 0.3) is 0 Å². The van der Waals surface area contributed by atoms with Crippen LogP contribution in [0.25, 0.3) is 0 Å². The van der Waals surface area contributed by atoms with Gasteiger partial charge in [-0.1, -0.05) is 0 Å². The highest BCUT2D eigenvalue weighted by molar-refractivity contribution is 5.58. The van der Waals surface area contributed by atoms with E-state index in [4.69, 9.17) is 10.2 Å². The predicted molar refractivity (Wildman–Crippen MR) is 32.2 cm³/mol. The monoisotopic (exact) mass is 162 g/mol. The summed E-state index contributed by atoms with van der Waals surface area (Å²) in [5.74, 6) is 0. The van der Waals surface area contributed by atoms with Crippen LogP contribution >= 0.6 is 0 Å². The number of carboxylic acid groups (broad SMARTS) is 2. The van der Waals surface area contributed by atoms with Gasteiger partial charge >= 0.3 is 12.3 Å². The van der Waals surface area contributed by atoms with Gasteiger partial charge in [0.15, 0.2) is 0 Å². The topological polar surface area (TPSA) is 93.1 Å². The minimum atomic E-state index is -1.46. The summed E-state index contributed by atoms with van der Waals surface area (Å²) in [6.45, 7) is -0.234. The standard InChI is InChI=1S/C5H6O6/c6-4(7)10-2-1-3-11-5(8)9/h1-2H,3H2,(H,6,7)(H,8,9). The second-order valence-corrected chi connectivity index (χ2v) is 1.33. The average molecular weight is 162 g/mol. The predicted octanol–water partition coefficient (Wildman–Crippen LogP) is 0.889. The van der Waals surface area contributed by atoms with Crippen molar-refractivity contribution < 1.29 is 29.3 Å². The maximum absolute atomic E-state index is 9.68. The third-order valence-electron chi connectivity index (χ3n) is 0.568. The van der Waals surface area contributed by atoms with Crippen molar-refractivity contribution in [2.75, 3.05) is 6.61 Å². The van der Waals surface area contributed by atoms with Crippen molar-refractivity contribution in [1.82, 2.24) is 0 Å². The number of hydrogen-bond donors (Lipinski definition) is 2. The molecule has 0 bridgehead atoms. The van der Waals surface area contributed by atoms with Crippen LogP contribution < -0.4 is 0 Å². The highest BCUT2D eigenvalue weighted by Crippen LogP contribution is 1.81. The van der Waals surface area contributed by atoms with E-state index >= 15 is 0 Å². The van der Waals surface area contributed by atoms with Crippen LogP contribution in [-0.4, -0.2) is 29.1 Å². The molecule has 11 heavy (non-hydrogen) atoms. The number of ether oxygens (including phenoxy) is 2. The Morgan fingerprint density at radius 2 is 1.91 bits per heavy atom. The Hall–Kier alpha value is -1.72. The number of carbonyl (C=O) groups is 2. The second-order valence-electron chi connectivity index (χ2n) is 1.33. The molecule has 0 fully saturated rings. The normalized spacial score (nSPS) is 9.45. The first-order valence-corrected chi connectivity index (χ1v) is 2.53. The molecule has 0 radical (unpaired) electrons. The Morgan fingerprint density at radius 3 is 2.36 bits per heavy atom. The molecular formula is C5H6O6. The van der Waals surface area contributed by atoms with Gasteiger partial charge in [-0.2, -0.15) is 0 Å². The molecule has 0 aliphatic rings. The zero-order valence-corrected chi connectivity index (χ0v) is 5.39. The molecule has 6 heteroatoms. The van der Waals surface area contributed by atoms with Crippen molar-refractivity contribution >= 4 is 12.3 Å². The molecule has 0 heterocycles. The van der Waals surface area contributed by atoms with Gasteiger partial charge in [0, 0.05) is 0 Å². The van der Waals surface area contributed by atoms with Gasteiger partial charge in [-0.25, -0.2) is 9.59 Å². The Kier molecular flexibility index (Phi) is 4.30. The van der Waals surface area contributed by atoms with Gasteiger partial charge in [0.1, 0.15) is 6.61 Å². The first kappa shape index (κ1) is 9.28. The van der Waals surface area contributed by atoms with Gasteiger partial charge in [0.2, 0.25) is 0 Å². The zero-order chi connectivity index (χ0) is 8.69. The van der Waals surface area contributed by atoms with Crippen molar-refractivity contribution in [2.24, 2.45) is 0 Å². The van der Waals surface area contributed by atoms with Crippen LogP contribution in [0.3, 0.4) is 0 Å².